The van der Waals surface area contributed by atoms with Crippen LogP contribution < -0.4 is 0 Å². The number of nitrogens with zero attached hydrogens (tertiary/aromatic N) is 1. The Morgan fingerprint density at radius 2 is 1.95 bits per heavy atom. The van der Waals surface area contributed by atoms with Gasteiger partial charge < -0.3 is 14.7 Å². The summed E-state index contributed by atoms with van der Waals surface area (Å²) >= 11 is 0. The maximum absolute atomic E-state index is 12.9. The molecule has 0 radical (unpaired) electrons. The predicted octanol–water partition coefficient (Wildman–Crippen LogP) is 1.62. The van der Waals surface area contributed by atoms with Crippen molar-refractivity contribution in [1.29, 1.82) is 0 Å². The van der Waals surface area contributed by atoms with Crippen LogP contribution in [0.1, 0.15) is 32.1 Å². The summed E-state index contributed by atoms with van der Waals surface area (Å²) in [6, 6.07) is 0. The molecular weight excluding hydrogens is 282 g/mol. The van der Waals surface area contributed by atoms with Gasteiger partial charge in [0.15, 0.2) is 0 Å². The minimum Gasteiger partial charge on any atom is -0.481 e. The molecule has 4 aliphatic rings. The summed E-state index contributed by atoms with van der Waals surface area (Å²) in [5, 5.41) is 9.61. The SMILES string of the molecule is COCC1(C(=O)O)CCCN(C(=O)C2C3C4CCC(C4)C23)C1. The molecule has 0 aromatic heterocycles. The molecule has 22 heavy (non-hydrogen) atoms. The number of hydrogen-bond acceptors (Lipinski definition) is 3. The molecule has 2 bridgehead atoms. The van der Waals surface area contributed by atoms with Crippen molar-refractivity contribution >= 4 is 11.9 Å². The zero-order valence-corrected chi connectivity index (χ0v) is 13.2. The summed E-state index contributed by atoms with van der Waals surface area (Å²) in [6.45, 7) is 1.22. The van der Waals surface area contributed by atoms with Crippen molar-refractivity contribution < 1.29 is 19.4 Å². The zero-order valence-electron chi connectivity index (χ0n) is 13.2. The highest BCUT2D eigenvalue weighted by Gasteiger charge is 2.68. The Morgan fingerprint density at radius 1 is 1.27 bits per heavy atom. The second-order valence-electron chi connectivity index (χ2n) is 7.90. The molecule has 1 saturated heterocycles. The number of carboxylic acid groups (broad SMARTS) is 1. The quantitative estimate of drug-likeness (QED) is 0.857. The highest BCUT2D eigenvalue weighted by Crippen LogP contribution is 2.69. The maximum Gasteiger partial charge on any atom is 0.313 e. The van der Waals surface area contributed by atoms with E-state index in [1.165, 1.54) is 26.4 Å². The lowest BCUT2D eigenvalue weighted by atomic mass is 9.80. The predicted molar refractivity (Wildman–Crippen MR) is 79.1 cm³/mol. The van der Waals surface area contributed by atoms with Gasteiger partial charge in [-0.2, -0.15) is 0 Å². The molecule has 3 saturated carbocycles. The van der Waals surface area contributed by atoms with Gasteiger partial charge in [0.2, 0.25) is 5.91 Å². The first-order chi connectivity index (χ1) is 10.6. The summed E-state index contributed by atoms with van der Waals surface area (Å²) in [5.74, 6) is 2.40. The molecule has 3 aliphatic carbocycles. The first-order valence-electron chi connectivity index (χ1n) is 8.58. The van der Waals surface area contributed by atoms with Crippen molar-refractivity contribution in [3.05, 3.63) is 0 Å². The average molecular weight is 307 g/mol. The number of piperidine rings is 1. The number of methoxy groups -OCH3 is 1. The summed E-state index contributed by atoms with van der Waals surface area (Å²) in [5.41, 5.74) is -0.911. The van der Waals surface area contributed by atoms with Crippen molar-refractivity contribution in [3.8, 4) is 0 Å². The second kappa shape index (κ2) is 4.95. The van der Waals surface area contributed by atoms with Crippen LogP contribution in [0.15, 0.2) is 0 Å². The third-order valence-electron chi connectivity index (χ3n) is 6.78. The highest BCUT2D eigenvalue weighted by atomic mass is 16.5. The number of rotatable bonds is 4. The van der Waals surface area contributed by atoms with Crippen molar-refractivity contribution in [1.82, 2.24) is 4.90 Å². The van der Waals surface area contributed by atoms with E-state index in [0.717, 1.165) is 18.3 Å². The van der Waals surface area contributed by atoms with Crippen LogP contribution in [0.2, 0.25) is 0 Å². The van der Waals surface area contributed by atoms with Crippen LogP contribution in [0.25, 0.3) is 0 Å². The minimum atomic E-state index is -0.911. The van der Waals surface area contributed by atoms with Crippen molar-refractivity contribution in [2.45, 2.75) is 32.1 Å². The zero-order chi connectivity index (χ0) is 15.5. The van der Waals surface area contributed by atoms with Gasteiger partial charge in [0.1, 0.15) is 5.41 Å². The molecule has 5 heteroatoms. The molecule has 0 aromatic rings. The summed E-state index contributed by atoms with van der Waals surface area (Å²) in [4.78, 5) is 26.4. The fourth-order valence-electron chi connectivity index (χ4n) is 5.82. The van der Waals surface area contributed by atoms with E-state index in [9.17, 15) is 14.7 Å². The lowest BCUT2D eigenvalue weighted by molar-refractivity contribution is -0.159. The molecule has 1 aliphatic heterocycles. The molecule has 0 spiro atoms. The first kappa shape index (κ1) is 14.5. The number of amides is 1. The first-order valence-corrected chi connectivity index (χ1v) is 8.58. The molecule has 5 atom stereocenters. The number of fused-ring (bicyclic) bond motifs is 5. The lowest BCUT2D eigenvalue weighted by Gasteiger charge is -2.39. The largest absolute Gasteiger partial charge is 0.481 e. The van der Waals surface area contributed by atoms with Gasteiger partial charge in [0.05, 0.1) is 6.61 Å². The van der Waals surface area contributed by atoms with Crippen molar-refractivity contribution in [2.75, 3.05) is 26.8 Å². The number of ether oxygens (including phenoxy) is 1. The second-order valence-corrected chi connectivity index (χ2v) is 7.90. The Morgan fingerprint density at radius 3 is 2.55 bits per heavy atom. The standard InChI is InChI=1S/C17H25NO4/c1-22-9-17(16(20)21)5-2-6-18(8-17)15(19)14-12-10-3-4-11(7-10)13(12)14/h10-14H,2-9H2,1H3,(H,20,21). The average Bonchev–Trinajstić information content (AvgIpc) is 2.93. The van der Waals surface area contributed by atoms with E-state index in [-0.39, 0.29) is 18.4 Å². The Hall–Kier alpha value is -1.10. The van der Waals surface area contributed by atoms with Gasteiger partial charge in [-0.05, 0) is 55.8 Å². The fourth-order valence-corrected chi connectivity index (χ4v) is 5.82. The molecule has 122 valence electrons. The number of hydrogen-bond donors (Lipinski definition) is 1. The Bertz CT molecular complexity index is 487. The van der Waals surface area contributed by atoms with Crippen LogP contribution in [0.5, 0.6) is 0 Å². The van der Waals surface area contributed by atoms with Crippen LogP contribution in [0.3, 0.4) is 0 Å². The van der Waals surface area contributed by atoms with E-state index in [4.69, 9.17) is 4.74 Å². The van der Waals surface area contributed by atoms with Gasteiger partial charge in [0.25, 0.3) is 0 Å². The fraction of sp³-hybridized carbons (Fsp3) is 0.882. The van der Waals surface area contributed by atoms with Crippen molar-refractivity contribution in [3.63, 3.8) is 0 Å². The summed E-state index contributed by atoms with van der Waals surface area (Å²) in [6.07, 6.45) is 5.30. The molecule has 1 N–H and O–H groups in total. The van der Waals surface area contributed by atoms with Gasteiger partial charge in [-0.15, -0.1) is 0 Å². The molecule has 5 unspecified atom stereocenters. The van der Waals surface area contributed by atoms with Gasteiger partial charge >= 0.3 is 5.97 Å². The van der Waals surface area contributed by atoms with E-state index >= 15 is 0 Å². The Labute approximate surface area is 131 Å². The Balaban J connectivity index is 1.47. The van der Waals surface area contributed by atoms with Crippen LogP contribution in [-0.4, -0.2) is 48.7 Å². The van der Waals surface area contributed by atoms with Gasteiger partial charge in [-0.3, -0.25) is 9.59 Å². The molecule has 5 nitrogen and oxygen atoms in total. The molecule has 1 heterocycles. The third kappa shape index (κ3) is 1.94. The van der Waals surface area contributed by atoms with E-state index in [1.807, 2.05) is 4.90 Å². The van der Waals surface area contributed by atoms with E-state index in [0.29, 0.717) is 31.3 Å². The Kier molecular flexibility index (Phi) is 3.26. The number of carboxylic acids is 1. The van der Waals surface area contributed by atoms with Crippen LogP contribution in [-0.2, 0) is 14.3 Å². The highest BCUT2D eigenvalue weighted by molar-refractivity contribution is 5.84. The summed E-state index contributed by atoms with van der Waals surface area (Å²) in [7, 11) is 1.54. The molecule has 4 rings (SSSR count). The maximum atomic E-state index is 12.9. The monoisotopic (exact) mass is 307 g/mol. The molecule has 1 amide bonds. The number of likely N-dealkylation sites (tertiary alicyclic amines) is 1. The van der Waals surface area contributed by atoms with Crippen LogP contribution >= 0.6 is 0 Å². The van der Waals surface area contributed by atoms with Crippen LogP contribution in [0.4, 0.5) is 0 Å². The van der Waals surface area contributed by atoms with Gasteiger partial charge in [0, 0.05) is 26.1 Å². The van der Waals surface area contributed by atoms with E-state index < -0.39 is 11.4 Å². The third-order valence-corrected chi connectivity index (χ3v) is 6.78. The van der Waals surface area contributed by atoms with E-state index in [2.05, 4.69) is 0 Å². The van der Waals surface area contributed by atoms with Gasteiger partial charge in [-0.1, -0.05) is 0 Å². The summed E-state index contributed by atoms with van der Waals surface area (Å²) < 4.78 is 5.15. The van der Waals surface area contributed by atoms with E-state index in [1.54, 1.807) is 0 Å². The topological polar surface area (TPSA) is 66.8 Å². The molecular formula is C17H25NO4. The van der Waals surface area contributed by atoms with Crippen molar-refractivity contribution in [2.24, 2.45) is 35.0 Å². The number of carbonyl (C=O) groups is 2. The smallest absolute Gasteiger partial charge is 0.313 e. The van der Waals surface area contributed by atoms with Crippen LogP contribution in [0, 0.1) is 35.0 Å². The number of carbonyl (C=O) groups excluding carboxylic acids is 1. The van der Waals surface area contributed by atoms with Gasteiger partial charge in [-0.25, -0.2) is 0 Å². The lowest BCUT2D eigenvalue weighted by Crippen LogP contribution is -2.52. The molecule has 4 fully saturated rings. The number of aliphatic carboxylic acids is 1. The normalized spacial score (nSPS) is 45.7. The minimum absolute atomic E-state index is 0.189. The molecule has 0 aromatic carbocycles.